The molecule has 0 saturated carbocycles. The fraction of sp³-hybridized carbons (Fsp3) is 1.00. The van der Waals surface area contributed by atoms with Crippen molar-refractivity contribution in [3.63, 3.8) is 0 Å². The van der Waals surface area contributed by atoms with Crippen LogP contribution in [0.4, 0.5) is 0 Å². The van der Waals surface area contributed by atoms with E-state index in [4.69, 9.17) is 5.73 Å². The lowest BCUT2D eigenvalue weighted by atomic mass is 10.1. The normalized spacial score (nSPS) is 15.4. The fourth-order valence-corrected chi connectivity index (χ4v) is 1.53. The molecule has 14 heavy (non-hydrogen) atoms. The Bertz CT molecular complexity index is 115. The molecular weight excluding hydrogens is 172 g/mol. The fourth-order valence-electron chi connectivity index (χ4n) is 1.53. The summed E-state index contributed by atoms with van der Waals surface area (Å²) in [6.45, 7) is 8.72. The second-order valence-corrected chi connectivity index (χ2v) is 4.48. The second kappa shape index (κ2) is 9.47. The molecule has 0 aromatic rings. The van der Waals surface area contributed by atoms with Gasteiger partial charge in [-0.3, -0.25) is 0 Å². The number of nitrogens with two attached hydrogens (primary N) is 1. The van der Waals surface area contributed by atoms with Crippen LogP contribution >= 0.6 is 0 Å². The van der Waals surface area contributed by atoms with Crippen molar-refractivity contribution in [3.05, 3.63) is 0 Å². The zero-order valence-corrected chi connectivity index (χ0v) is 10.2. The third-order valence-corrected chi connectivity index (χ3v) is 2.76. The molecule has 86 valence electrons. The van der Waals surface area contributed by atoms with Crippen molar-refractivity contribution in [3.8, 4) is 0 Å². The van der Waals surface area contributed by atoms with Gasteiger partial charge in [0.2, 0.25) is 0 Å². The van der Waals surface area contributed by atoms with E-state index in [-0.39, 0.29) is 0 Å². The lowest BCUT2D eigenvalue weighted by Crippen LogP contribution is -2.27. The van der Waals surface area contributed by atoms with Crippen LogP contribution in [0.15, 0.2) is 0 Å². The Balaban J connectivity index is 3.18. The molecule has 0 fully saturated rings. The topological polar surface area (TPSA) is 38.0 Å². The Labute approximate surface area is 89.6 Å². The summed E-state index contributed by atoms with van der Waals surface area (Å²) in [4.78, 5) is 0. The van der Waals surface area contributed by atoms with Crippen molar-refractivity contribution < 1.29 is 0 Å². The summed E-state index contributed by atoms with van der Waals surface area (Å²) in [5.74, 6) is 0.683. The first-order valence-corrected chi connectivity index (χ1v) is 6.14. The van der Waals surface area contributed by atoms with Crippen LogP contribution in [0.3, 0.4) is 0 Å². The van der Waals surface area contributed by atoms with E-state index < -0.39 is 0 Å². The van der Waals surface area contributed by atoms with Crippen molar-refractivity contribution in [1.82, 2.24) is 5.32 Å². The molecule has 0 radical (unpaired) electrons. The highest BCUT2D eigenvalue weighted by Crippen LogP contribution is 2.03. The predicted molar refractivity (Wildman–Crippen MR) is 64.4 cm³/mol. The Morgan fingerprint density at radius 1 is 1.14 bits per heavy atom. The van der Waals surface area contributed by atoms with E-state index in [1.807, 2.05) is 0 Å². The third-order valence-electron chi connectivity index (χ3n) is 2.76. The van der Waals surface area contributed by atoms with Gasteiger partial charge in [-0.05, 0) is 45.2 Å². The Morgan fingerprint density at radius 2 is 1.86 bits per heavy atom. The number of hydrogen-bond donors (Lipinski definition) is 2. The minimum atomic E-state index is 0.683. The molecule has 0 heterocycles. The van der Waals surface area contributed by atoms with Crippen LogP contribution in [0.25, 0.3) is 0 Å². The van der Waals surface area contributed by atoms with Crippen molar-refractivity contribution >= 4 is 0 Å². The highest BCUT2D eigenvalue weighted by atomic mass is 14.9. The SMILES string of the molecule is CCCCC(C)NCCCC(C)CN. The lowest BCUT2D eigenvalue weighted by molar-refractivity contribution is 0.454. The van der Waals surface area contributed by atoms with Gasteiger partial charge in [-0.25, -0.2) is 0 Å². The van der Waals surface area contributed by atoms with Gasteiger partial charge in [0.05, 0.1) is 0 Å². The molecule has 2 unspecified atom stereocenters. The van der Waals surface area contributed by atoms with Gasteiger partial charge in [-0.15, -0.1) is 0 Å². The maximum absolute atomic E-state index is 5.56. The largest absolute Gasteiger partial charge is 0.330 e. The van der Waals surface area contributed by atoms with E-state index in [0.29, 0.717) is 12.0 Å². The van der Waals surface area contributed by atoms with E-state index >= 15 is 0 Å². The molecule has 0 aliphatic heterocycles. The monoisotopic (exact) mass is 200 g/mol. The van der Waals surface area contributed by atoms with E-state index in [1.54, 1.807) is 0 Å². The number of hydrogen-bond acceptors (Lipinski definition) is 2. The summed E-state index contributed by atoms with van der Waals surface area (Å²) in [5.41, 5.74) is 5.56. The number of rotatable bonds is 9. The van der Waals surface area contributed by atoms with Crippen LogP contribution < -0.4 is 11.1 Å². The van der Waals surface area contributed by atoms with Gasteiger partial charge in [0.25, 0.3) is 0 Å². The molecule has 0 saturated heterocycles. The van der Waals surface area contributed by atoms with Crippen LogP contribution in [0.2, 0.25) is 0 Å². The van der Waals surface area contributed by atoms with Gasteiger partial charge in [-0.1, -0.05) is 26.7 Å². The maximum atomic E-state index is 5.56. The summed E-state index contributed by atoms with van der Waals surface area (Å²) in [5, 5.41) is 3.56. The summed E-state index contributed by atoms with van der Waals surface area (Å²) in [7, 11) is 0. The van der Waals surface area contributed by atoms with Crippen molar-refractivity contribution in [2.75, 3.05) is 13.1 Å². The van der Waals surface area contributed by atoms with Crippen molar-refractivity contribution in [2.24, 2.45) is 11.7 Å². The van der Waals surface area contributed by atoms with Crippen LogP contribution in [-0.2, 0) is 0 Å². The smallest absolute Gasteiger partial charge is 0.00387 e. The minimum absolute atomic E-state index is 0.683. The minimum Gasteiger partial charge on any atom is -0.330 e. The molecule has 0 spiro atoms. The van der Waals surface area contributed by atoms with E-state index in [2.05, 4.69) is 26.1 Å². The molecule has 3 N–H and O–H groups in total. The van der Waals surface area contributed by atoms with Gasteiger partial charge in [0, 0.05) is 6.04 Å². The van der Waals surface area contributed by atoms with E-state index in [1.165, 1.54) is 32.1 Å². The number of unbranched alkanes of at least 4 members (excludes halogenated alkanes) is 1. The maximum Gasteiger partial charge on any atom is 0.00387 e. The van der Waals surface area contributed by atoms with Gasteiger partial charge >= 0.3 is 0 Å². The summed E-state index contributed by atoms with van der Waals surface area (Å²) in [6.07, 6.45) is 6.46. The molecule has 0 amide bonds. The first kappa shape index (κ1) is 13.9. The molecule has 0 aliphatic rings. The Kier molecular flexibility index (Phi) is 9.42. The molecule has 0 aromatic carbocycles. The quantitative estimate of drug-likeness (QED) is 0.561. The van der Waals surface area contributed by atoms with Crippen molar-refractivity contribution in [1.29, 1.82) is 0 Å². The molecular formula is C12H28N2. The summed E-state index contributed by atoms with van der Waals surface area (Å²) >= 11 is 0. The predicted octanol–water partition coefficient (Wildman–Crippen LogP) is 2.53. The Hall–Kier alpha value is -0.0800. The zero-order chi connectivity index (χ0) is 10.8. The van der Waals surface area contributed by atoms with Crippen LogP contribution in [-0.4, -0.2) is 19.1 Å². The van der Waals surface area contributed by atoms with Crippen LogP contribution in [0.1, 0.15) is 52.9 Å². The summed E-state index contributed by atoms with van der Waals surface area (Å²) in [6, 6.07) is 0.683. The lowest BCUT2D eigenvalue weighted by Gasteiger charge is -2.14. The van der Waals surface area contributed by atoms with Gasteiger partial charge in [-0.2, -0.15) is 0 Å². The van der Waals surface area contributed by atoms with Crippen molar-refractivity contribution in [2.45, 2.75) is 58.9 Å². The first-order chi connectivity index (χ1) is 6.70. The van der Waals surface area contributed by atoms with E-state index in [9.17, 15) is 0 Å². The van der Waals surface area contributed by atoms with Crippen LogP contribution in [0.5, 0.6) is 0 Å². The first-order valence-electron chi connectivity index (χ1n) is 6.14. The number of nitrogens with one attached hydrogen (secondary N) is 1. The van der Waals surface area contributed by atoms with Gasteiger partial charge < -0.3 is 11.1 Å². The zero-order valence-electron chi connectivity index (χ0n) is 10.2. The van der Waals surface area contributed by atoms with Gasteiger partial charge in [0.15, 0.2) is 0 Å². The molecule has 2 heteroatoms. The summed E-state index contributed by atoms with van der Waals surface area (Å²) < 4.78 is 0. The Morgan fingerprint density at radius 3 is 2.43 bits per heavy atom. The molecule has 0 rings (SSSR count). The third kappa shape index (κ3) is 8.52. The molecule has 2 nitrogen and oxygen atoms in total. The highest BCUT2D eigenvalue weighted by molar-refractivity contribution is 4.61. The average molecular weight is 200 g/mol. The molecule has 0 aromatic heterocycles. The van der Waals surface area contributed by atoms with Crippen LogP contribution in [0, 0.1) is 5.92 Å². The molecule has 0 bridgehead atoms. The average Bonchev–Trinajstić information content (AvgIpc) is 2.21. The van der Waals surface area contributed by atoms with Gasteiger partial charge in [0.1, 0.15) is 0 Å². The standard InChI is InChI=1S/C12H28N2/c1-4-5-8-12(3)14-9-6-7-11(2)10-13/h11-12,14H,4-10,13H2,1-3H3. The second-order valence-electron chi connectivity index (χ2n) is 4.48. The van der Waals surface area contributed by atoms with E-state index in [0.717, 1.165) is 13.1 Å². The highest BCUT2D eigenvalue weighted by Gasteiger charge is 2.01. The molecule has 0 aliphatic carbocycles. The molecule has 2 atom stereocenters.